The molecule has 0 unspecified atom stereocenters. The van der Waals surface area contributed by atoms with Gasteiger partial charge in [0.1, 0.15) is 17.2 Å². The molecule has 0 radical (unpaired) electrons. The number of benzene rings is 4. The Labute approximate surface area is 247 Å². The number of rotatable bonds is 7. The summed E-state index contributed by atoms with van der Waals surface area (Å²) in [5.41, 5.74) is 5.77. The molecule has 0 saturated heterocycles. The molecule has 7 nitrogen and oxygen atoms in total. The zero-order valence-electron chi connectivity index (χ0n) is 20.9. The molecule has 4 aromatic carbocycles. The molecule has 40 heavy (non-hydrogen) atoms. The zero-order valence-corrected chi connectivity index (χ0v) is 24.0. The second-order valence-corrected chi connectivity index (χ2v) is 10.3. The number of hydrogen-bond acceptors (Lipinski definition) is 5. The molecule has 2 N–H and O–H groups in total. The number of hydrazone groups is 1. The molecule has 0 fully saturated rings. The van der Waals surface area contributed by atoms with E-state index in [0.29, 0.717) is 27.5 Å². The maximum Gasteiger partial charge on any atom is 0.345 e. The van der Waals surface area contributed by atoms with E-state index < -0.39 is 11.9 Å². The van der Waals surface area contributed by atoms with Gasteiger partial charge in [-0.25, -0.2) is 10.2 Å². The van der Waals surface area contributed by atoms with Crippen LogP contribution in [0.5, 0.6) is 11.5 Å². The number of aromatic amines is 1. The van der Waals surface area contributed by atoms with E-state index in [0.717, 1.165) is 21.0 Å². The molecule has 0 spiro atoms. The van der Waals surface area contributed by atoms with Crippen molar-refractivity contribution in [2.45, 2.75) is 0 Å². The van der Waals surface area contributed by atoms with Gasteiger partial charge >= 0.3 is 5.97 Å². The van der Waals surface area contributed by atoms with Crippen molar-refractivity contribution in [3.05, 3.63) is 116 Å². The number of para-hydroxylation sites is 1. The third kappa shape index (κ3) is 5.74. The quantitative estimate of drug-likeness (QED) is 0.0822. The molecule has 5 rings (SSSR count). The molecule has 1 amide bonds. The molecule has 0 saturated carbocycles. The number of H-pyrrole nitrogens is 1. The van der Waals surface area contributed by atoms with Crippen LogP contribution >= 0.6 is 39.1 Å². The van der Waals surface area contributed by atoms with Crippen LogP contribution in [0.25, 0.3) is 22.0 Å². The Morgan fingerprint density at radius 3 is 2.50 bits per heavy atom. The topological polar surface area (TPSA) is 92.8 Å². The fraction of sp³-hybridized carbons (Fsp3) is 0.0333. The Morgan fingerprint density at radius 2 is 1.75 bits per heavy atom. The number of carbonyl (C=O) groups is 2. The first-order valence-corrected chi connectivity index (χ1v) is 13.4. The standard InChI is InChI=1S/C30H20BrCl2N3O4/c1-39-25-9-5-8-22-26(17-6-3-2-4-7-17)28(35-27(22)25)29(37)36-34-16-18-14-19(31)10-13-24(18)40-30(38)21-12-11-20(32)15-23(21)33/h2-16,35H,1H3,(H,36,37). The highest BCUT2D eigenvalue weighted by Gasteiger charge is 2.21. The average Bonchev–Trinajstić information content (AvgIpc) is 3.35. The third-order valence-corrected chi connectivity index (χ3v) is 7.04. The minimum Gasteiger partial charge on any atom is -0.495 e. The number of ether oxygens (including phenoxy) is 2. The maximum atomic E-state index is 13.4. The summed E-state index contributed by atoms with van der Waals surface area (Å²) in [5, 5.41) is 5.55. The molecule has 0 aliphatic carbocycles. The number of amides is 1. The molecule has 1 heterocycles. The van der Waals surface area contributed by atoms with Crippen molar-refractivity contribution in [2.75, 3.05) is 7.11 Å². The number of hydrogen-bond donors (Lipinski definition) is 2. The second-order valence-electron chi connectivity index (χ2n) is 8.52. The first-order chi connectivity index (χ1) is 19.4. The van der Waals surface area contributed by atoms with Gasteiger partial charge in [0.25, 0.3) is 5.91 Å². The average molecular weight is 637 g/mol. The van der Waals surface area contributed by atoms with Crippen LogP contribution in [0.1, 0.15) is 26.4 Å². The van der Waals surface area contributed by atoms with Gasteiger partial charge in [-0.05, 0) is 48.0 Å². The molecule has 200 valence electrons. The predicted molar refractivity (Wildman–Crippen MR) is 161 cm³/mol. The summed E-state index contributed by atoms with van der Waals surface area (Å²) >= 11 is 15.5. The lowest BCUT2D eigenvalue weighted by atomic mass is 10.0. The Kier molecular flexibility index (Phi) is 8.21. The molecule has 0 atom stereocenters. The van der Waals surface area contributed by atoms with Crippen LogP contribution in [0.4, 0.5) is 0 Å². The van der Waals surface area contributed by atoms with E-state index in [9.17, 15) is 9.59 Å². The van der Waals surface area contributed by atoms with Crippen molar-refractivity contribution in [2.24, 2.45) is 5.10 Å². The van der Waals surface area contributed by atoms with Crippen molar-refractivity contribution in [3.63, 3.8) is 0 Å². The summed E-state index contributed by atoms with van der Waals surface area (Å²) in [6, 6.07) is 24.7. The van der Waals surface area contributed by atoms with Crippen molar-refractivity contribution >= 4 is 68.1 Å². The van der Waals surface area contributed by atoms with E-state index in [-0.39, 0.29) is 16.3 Å². The van der Waals surface area contributed by atoms with Crippen LogP contribution < -0.4 is 14.9 Å². The first-order valence-electron chi connectivity index (χ1n) is 11.9. The van der Waals surface area contributed by atoms with Crippen LogP contribution in [0.3, 0.4) is 0 Å². The number of nitrogens with zero attached hydrogens (tertiary/aromatic N) is 1. The number of methoxy groups -OCH3 is 1. The summed E-state index contributed by atoms with van der Waals surface area (Å²) in [5.74, 6) is -0.298. The number of fused-ring (bicyclic) bond motifs is 1. The minimum atomic E-state index is -0.665. The molecule has 0 bridgehead atoms. The predicted octanol–water partition coefficient (Wildman–Crippen LogP) is 7.90. The smallest absolute Gasteiger partial charge is 0.345 e. The number of nitrogens with one attached hydrogen (secondary N) is 2. The van der Waals surface area contributed by atoms with E-state index in [2.05, 4.69) is 31.4 Å². The number of carbonyl (C=O) groups excluding carboxylic acids is 2. The fourth-order valence-corrected chi connectivity index (χ4v) is 5.04. The van der Waals surface area contributed by atoms with Gasteiger partial charge in [-0.15, -0.1) is 0 Å². The van der Waals surface area contributed by atoms with Crippen molar-refractivity contribution in [1.82, 2.24) is 10.4 Å². The fourth-order valence-electron chi connectivity index (χ4n) is 4.17. The van der Waals surface area contributed by atoms with E-state index in [4.69, 9.17) is 32.7 Å². The molecule has 5 aromatic rings. The molecule has 1 aromatic heterocycles. The summed E-state index contributed by atoms with van der Waals surface area (Å²) in [6.45, 7) is 0. The van der Waals surface area contributed by atoms with Gasteiger partial charge in [0, 0.05) is 26.0 Å². The third-order valence-electron chi connectivity index (χ3n) is 6.00. The lowest BCUT2D eigenvalue weighted by Gasteiger charge is -2.09. The SMILES string of the molecule is COc1cccc2c(-c3ccccc3)c(C(=O)NN=Cc3cc(Br)ccc3OC(=O)c3ccc(Cl)cc3Cl)[nH]c12. The molecular formula is C30H20BrCl2N3O4. The highest BCUT2D eigenvalue weighted by atomic mass is 79.9. The van der Waals surface area contributed by atoms with Crippen LogP contribution in [0.2, 0.25) is 10.0 Å². The lowest BCUT2D eigenvalue weighted by Crippen LogP contribution is -2.19. The van der Waals surface area contributed by atoms with Gasteiger partial charge in [-0.2, -0.15) is 5.10 Å². The normalized spacial score (nSPS) is 11.1. The second kappa shape index (κ2) is 12.0. The number of halogens is 3. The highest BCUT2D eigenvalue weighted by Crippen LogP contribution is 2.36. The van der Waals surface area contributed by atoms with Crippen LogP contribution in [-0.2, 0) is 0 Å². The highest BCUT2D eigenvalue weighted by molar-refractivity contribution is 9.10. The van der Waals surface area contributed by atoms with Crippen LogP contribution in [0.15, 0.2) is 94.5 Å². The number of aromatic nitrogens is 1. The van der Waals surface area contributed by atoms with Gasteiger partial charge in [0.15, 0.2) is 0 Å². The molecule has 0 aliphatic heterocycles. The van der Waals surface area contributed by atoms with Crippen LogP contribution in [-0.4, -0.2) is 30.2 Å². The van der Waals surface area contributed by atoms with E-state index in [1.54, 1.807) is 31.4 Å². The maximum absolute atomic E-state index is 13.4. The van der Waals surface area contributed by atoms with Crippen LogP contribution in [0, 0.1) is 0 Å². The Morgan fingerprint density at radius 1 is 0.950 bits per heavy atom. The van der Waals surface area contributed by atoms with Crippen molar-refractivity contribution < 1.29 is 19.1 Å². The molecule has 0 aliphatic rings. The summed E-state index contributed by atoms with van der Waals surface area (Å²) in [4.78, 5) is 29.3. The largest absolute Gasteiger partial charge is 0.495 e. The van der Waals surface area contributed by atoms with Gasteiger partial charge in [-0.3, -0.25) is 4.79 Å². The zero-order chi connectivity index (χ0) is 28.2. The molecular weight excluding hydrogens is 617 g/mol. The molecule has 10 heteroatoms. The minimum absolute atomic E-state index is 0.160. The number of esters is 1. The van der Waals surface area contributed by atoms with Crippen molar-refractivity contribution in [1.29, 1.82) is 0 Å². The monoisotopic (exact) mass is 635 g/mol. The van der Waals surface area contributed by atoms with E-state index in [1.165, 1.54) is 18.3 Å². The Bertz CT molecular complexity index is 1770. The summed E-state index contributed by atoms with van der Waals surface area (Å²) in [6.07, 6.45) is 1.39. The van der Waals surface area contributed by atoms with Gasteiger partial charge < -0.3 is 14.5 Å². The van der Waals surface area contributed by atoms with Gasteiger partial charge in [-0.1, -0.05) is 81.6 Å². The van der Waals surface area contributed by atoms with Gasteiger partial charge in [0.05, 0.1) is 29.4 Å². The summed E-state index contributed by atoms with van der Waals surface area (Å²) < 4.78 is 11.8. The van der Waals surface area contributed by atoms with Crippen molar-refractivity contribution in [3.8, 4) is 22.6 Å². The lowest BCUT2D eigenvalue weighted by molar-refractivity contribution is 0.0734. The van der Waals surface area contributed by atoms with Gasteiger partial charge in [0.2, 0.25) is 0 Å². The summed E-state index contributed by atoms with van der Waals surface area (Å²) in [7, 11) is 1.57. The Balaban J connectivity index is 1.43. The first kappa shape index (κ1) is 27.5. The Hall–Kier alpha value is -4.11. The van der Waals surface area contributed by atoms with E-state index >= 15 is 0 Å². The van der Waals surface area contributed by atoms with E-state index in [1.807, 2.05) is 48.5 Å².